The summed E-state index contributed by atoms with van der Waals surface area (Å²) in [6, 6.07) is 15.7. The van der Waals surface area contributed by atoms with Gasteiger partial charge >= 0.3 is 0 Å². The molecule has 0 N–H and O–H groups in total. The van der Waals surface area contributed by atoms with E-state index in [0.717, 1.165) is 28.3 Å². The number of carbonyl (C=O) groups is 1. The molecule has 4 rings (SSSR count). The van der Waals surface area contributed by atoms with Gasteiger partial charge in [-0.15, -0.1) is 0 Å². The van der Waals surface area contributed by atoms with E-state index in [4.69, 9.17) is 9.72 Å². The molecule has 0 bridgehead atoms. The predicted molar refractivity (Wildman–Crippen MR) is 93.4 cm³/mol. The van der Waals surface area contributed by atoms with E-state index < -0.39 is 0 Å². The number of hydrogen-bond acceptors (Lipinski definition) is 3. The number of amides is 1. The molecule has 5 nitrogen and oxygen atoms in total. The van der Waals surface area contributed by atoms with E-state index in [1.165, 1.54) is 0 Å². The summed E-state index contributed by atoms with van der Waals surface area (Å²) in [4.78, 5) is 19.1. The fourth-order valence-corrected chi connectivity index (χ4v) is 3.44. The third-order valence-electron chi connectivity index (χ3n) is 4.68. The largest absolute Gasteiger partial charge is 0.497 e. The van der Waals surface area contributed by atoms with Crippen LogP contribution in [0.4, 0.5) is 5.69 Å². The van der Waals surface area contributed by atoms with Crippen LogP contribution < -0.4 is 9.64 Å². The lowest BCUT2D eigenvalue weighted by atomic mass is 10.1. The standard InChI is InChI=1S/C19H19N3O2/c1-21-17-9-4-3-8-16(17)20-19(21)13-10-18(23)22(12-13)14-6-5-7-15(11-14)24-2/h3-9,11,13H,10,12H2,1-2H3/t13-/m0/s1. The van der Waals surface area contributed by atoms with Gasteiger partial charge in [0.05, 0.1) is 18.1 Å². The third-order valence-corrected chi connectivity index (χ3v) is 4.68. The molecule has 0 radical (unpaired) electrons. The minimum absolute atomic E-state index is 0.0982. The molecule has 0 saturated carbocycles. The molecule has 5 heteroatoms. The second kappa shape index (κ2) is 5.67. The van der Waals surface area contributed by atoms with Crippen molar-refractivity contribution >= 4 is 22.6 Å². The molecule has 0 spiro atoms. The maximum absolute atomic E-state index is 12.5. The number of nitrogens with zero attached hydrogens (tertiary/aromatic N) is 3. The third kappa shape index (κ3) is 2.33. The molecule has 122 valence electrons. The SMILES string of the molecule is COc1cccc(N2C[C@@H](c3nc4ccccc4n3C)CC2=O)c1. The van der Waals surface area contributed by atoms with Gasteiger partial charge in [-0.25, -0.2) is 4.98 Å². The number of hydrogen-bond donors (Lipinski definition) is 0. The number of carbonyl (C=O) groups excluding carboxylic acids is 1. The smallest absolute Gasteiger partial charge is 0.227 e. The van der Waals surface area contributed by atoms with Crippen LogP contribution in [-0.4, -0.2) is 29.1 Å². The topological polar surface area (TPSA) is 47.4 Å². The average molecular weight is 321 g/mol. The van der Waals surface area contributed by atoms with Crippen molar-refractivity contribution in [3.63, 3.8) is 0 Å². The molecule has 1 aromatic heterocycles. The second-order valence-electron chi connectivity index (χ2n) is 6.12. The van der Waals surface area contributed by atoms with Crippen LogP contribution in [0.2, 0.25) is 0 Å². The first-order chi connectivity index (χ1) is 11.7. The molecule has 24 heavy (non-hydrogen) atoms. The first kappa shape index (κ1) is 14.8. The molecular formula is C19H19N3O2. The number of aromatic nitrogens is 2. The first-order valence-corrected chi connectivity index (χ1v) is 8.03. The number of rotatable bonds is 3. The van der Waals surface area contributed by atoms with Gasteiger partial charge < -0.3 is 14.2 Å². The highest BCUT2D eigenvalue weighted by molar-refractivity contribution is 5.96. The molecule has 2 aromatic carbocycles. The number of aryl methyl sites for hydroxylation is 1. The average Bonchev–Trinajstić information content (AvgIpc) is 3.16. The summed E-state index contributed by atoms with van der Waals surface area (Å²) < 4.78 is 7.37. The van der Waals surface area contributed by atoms with Crippen LogP contribution in [0.15, 0.2) is 48.5 Å². The van der Waals surface area contributed by atoms with Crippen LogP contribution in [0.25, 0.3) is 11.0 Å². The Morgan fingerprint density at radius 2 is 2.00 bits per heavy atom. The summed E-state index contributed by atoms with van der Waals surface area (Å²) in [5.41, 5.74) is 2.95. The maximum atomic E-state index is 12.5. The van der Waals surface area contributed by atoms with Crippen molar-refractivity contribution in [2.24, 2.45) is 7.05 Å². The van der Waals surface area contributed by atoms with Gasteiger partial charge in [0, 0.05) is 37.7 Å². The summed E-state index contributed by atoms with van der Waals surface area (Å²) in [5, 5.41) is 0. The number of para-hydroxylation sites is 2. The molecular weight excluding hydrogens is 302 g/mol. The number of fused-ring (bicyclic) bond motifs is 1. The molecule has 1 amide bonds. The minimum atomic E-state index is 0.0982. The van der Waals surface area contributed by atoms with Crippen molar-refractivity contribution in [2.75, 3.05) is 18.6 Å². The maximum Gasteiger partial charge on any atom is 0.227 e. The zero-order valence-corrected chi connectivity index (χ0v) is 13.8. The quantitative estimate of drug-likeness (QED) is 0.745. The van der Waals surface area contributed by atoms with Crippen molar-refractivity contribution in [1.82, 2.24) is 9.55 Å². The Morgan fingerprint density at radius 3 is 2.79 bits per heavy atom. The molecule has 0 aliphatic carbocycles. The van der Waals surface area contributed by atoms with Crippen LogP contribution in [-0.2, 0) is 11.8 Å². The Hall–Kier alpha value is -2.82. The second-order valence-corrected chi connectivity index (χ2v) is 6.12. The predicted octanol–water partition coefficient (Wildman–Crippen LogP) is 3.10. The van der Waals surface area contributed by atoms with E-state index in [1.807, 2.05) is 54.4 Å². The highest BCUT2D eigenvalue weighted by Gasteiger charge is 2.34. The Kier molecular flexibility index (Phi) is 3.49. The highest BCUT2D eigenvalue weighted by Crippen LogP contribution is 2.33. The number of ether oxygens (including phenoxy) is 1. The molecule has 3 aromatic rings. The van der Waals surface area contributed by atoms with E-state index in [1.54, 1.807) is 7.11 Å². The van der Waals surface area contributed by atoms with Gasteiger partial charge in [-0.05, 0) is 24.3 Å². The van der Waals surface area contributed by atoms with E-state index >= 15 is 0 Å². The van der Waals surface area contributed by atoms with Crippen LogP contribution in [0, 0.1) is 0 Å². The van der Waals surface area contributed by atoms with Crippen LogP contribution in [0.5, 0.6) is 5.75 Å². The molecule has 1 saturated heterocycles. The van der Waals surface area contributed by atoms with E-state index in [2.05, 4.69) is 10.6 Å². The Bertz CT molecular complexity index is 916. The zero-order valence-electron chi connectivity index (χ0n) is 13.8. The number of imidazole rings is 1. The lowest BCUT2D eigenvalue weighted by Gasteiger charge is -2.17. The van der Waals surface area contributed by atoms with Gasteiger partial charge in [-0.3, -0.25) is 4.79 Å². The van der Waals surface area contributed by atoms with Crippen molar-refractivity contribution in [1.29, 1.82) is 0 Å². The fraction of sp³-hybridized carbons (Fsp3) is 0.263. The monoisotopic (exact) mass is 321 g/mol. The van der Waals surface area contributed by atoms with Gasteiger partial charge in [0.2, 0.25) is 5.91 Å². The lowest BCUT2D eigenvalue weighted by molar-refractivity contribution is -0.117. The molecule has 2 heterocycles. The summed E-state index contributed by atoms with van der Waals surface area (Å²) in [5.74, 6) is 1.95. The zero-order chi connectivity index (χ0) is 16.7. The molecule has 1 fully saturated rings. The van der Waals surface area contributed by atoms with Gasteiger partial charge in [-0.2, -0.15) is 0 Å². The minimum Gasteiger partial charge on any atom is -0.497 e. The number of methoxy groups -OCH3 is 1. The summed E-state index contributed by atoms with van der Waals surface area (Å²) in [7, 11) is 3.65. The van der Waals surface area contributed by atoms with Crippen molar-refractivity contribution in [3.05, 3.63) is 54.4 Å². The molecule has 0 unspecified atom stereocenters. The first-order valence-electron chi connectivity index (χ1n) is 8.03. The lowest BCUT2D eigenvalue weighted by Crippen LogP contribution is -2.24. The Labute approximate surface area is 140 Å². The van der Waals surface area contributed by atoms with Gasteiger partial charge in [0.25, 0.3) is 0 Å². The number of anilines is 1. The number of benzene rings is 2. The van der Waals surface area contributed by atoms with Crippen LogP contribution in [0.3, 0.4) is 0 Å². The molecule has 1 atom stereocenters. The molecule has 1 aliphatic heterocycles. The van der Waals surface area contributed by atoms with Crippen LogP contribution in [0.1, 0.15) is 18.2 Å². The van der Waals surface area contributed by atoms with Gasteiger partial charge in [-0.1, -0.05) is 18.2 Å². The highest BCUT2D eigenvalue weighted by atomic mass is 16.5. The Balaban J connectivity index is 1.66. The van der Waals surface area contributed by atoms with E-state index in [-0.39, 0.29) is 11.8 Å². The molecule has 1 aliphatic rings. The van der Waals surface area contributed by atoms with Gasteiger partial charge in [0.1, 0.15) is 11.6 Å². The normalized spacial score (nSPS) is 17.7. The van der Waals surface area contributed by atoms with E-state index in [9.17, 15) is 4.79 Å². The van der Waals surface area contributed by atoms with Crippen LogP contribution >= 0.6 is 0 Å². The Morgan fingerprint density at radius 1 is 1.17 bits per heavy atom. The summed E-state index contributed by atoms with van der Waals surface area (Å²) in [6.45, 7) is 0.642. The van der Waals surface area contributed by atoms with Crippen molar-refractivity contribution < 1.29 is 9.53 Å². The fourth-order valence-electron chi connectivity index (χ4n) is 3.44. The summed E-state index contributed by atoms with van der Waals surface area (Å²) >= 11 is 0. The van der Waals surface area contributed by atoms with Crippen molar-refractivity contribution in [2.45, 2.75) is 12.3 Å². The van der Waals surface area contributed by atoms with Gasteiger partial charge in [0.15, 0.2) is 0 Å². The van der Waals surface area contributed by atoms with E-state index in [0.29, 0.717) is 13.0 Å². The summed E-state index contributed by atoms with van der Waals surface area (Å²) in [6.07, 6.45) is 0.481. The van der Waals surface area contributed by atoms with Crippen molar-refractivity contribution in [3.8, 4) is 5.75 Å².